The van der Waals surface area contributed by atoms with Crippen LogP contribution in [0.5, 0.6) is 0 Å². The zero-order valence-electron chi connectivity index (χ0n) is 14.9. The van der Waals surface area contributed by atoms with Crippen LogP contribution in [0.4, 0.5) is 4.79 Å². The first kappa shape index (κ1) is 19.0. The van der Waals surface area contributed by atoms with Gasteiger partial charge in [-0.15, -0.1) is 0 Å². The molecule has 1 aliphatic carbocycles. The predicted molar refractivity (Wildman–Crippen MR) is 96.1 cm³/mol. The number of carbonyl (C=O) groups is 1. The number of carbonyl (C=O) groups excluding carboxylic acids is 1. The molecule has 1 heterocycles. The van der Waals surface area contributed by atoms with Crippen molar-refractivity contribution >= 4 is 22.0 Å². The fourth-order valence-electron chi connectivity index (χ4n) is 3.39. The van der Waals surface area contributed by atoms with E-state index in [9.17, 15) is 4.79 Å². The van der Waals surface area contributed by atoms with Crippen molar-refractivity contribution in [1.29, 1.82) is 0 Å². The molecule has 2 rings (SSSR count). The third-order valence-electron chi connectivity index (χ3n) is 4.92. The summed E-state index contributed by atoms with van der Waals surface area (Å²) >= 11 is 3.64. The van der Waals surface area contributed by atoms with E-state index in [4.69, 9.17) is 9.47 Å². The number of hydrogen-bond acceptors (Lipinski definition) is 3. The van der Waals surface area contributed by atoms with Crippen LogP contribution >= 0.6 is 15.9 Å². The third kappa shape index (κ3) is 5.93. The lowest BCUT2D eigenvalue weighted by Crippen LogP contribution is -2.50. The van der Waals surface area contributed by atoms with E-state index in [-0.39, 0.29) is 11.7 Å². The first-order valence-corrected chi connectivity index (χ1v) is 10.1. The Morgan fingerprint density at radius 2 is 1.78 bits per heavy atom. The molecule has 2 aliphatic rings. The van der Waals surface area contributed by atoms with Crippen molar-refractivity contribution in [2.24, 2.45) is 5.92 Å². The van der Waals surface area contributed by atoms with Crippen molar-refractivity contribution in [2.45, 2.75) is 76.9 Å². The molecule has 1 amide bonds. The van der Waals surface area contributed by atoms with Gasteiger partial charge in [-0.3, -0.25) is 0 Å². The molecule has 2 fully saturated rings. The quantitative estimate of drug-likeness (QED) is 0.651. The lowest BCUT2D eigenvalue weighted by atomic mass is 9.89. The van der Waals surface area contributed by atoms with Crippen molar-refractivity contribution < 1.29 is 14.3 Å². The second-order valence-corrected chi connectivity index (χ2v) is 8.66. The highest BCUT2D eigenvalue weighted by Gasteiger charge is 2.37. The fourth-order valence-corrected chi connectivity index (χ4v) is 4.11. The number of halogens is 1. The van der Waals surface area contributed by atoms with Gasteiger partial charge in [0.05, 0.1) is 12.2 Å². The lowest BCUT2D eigenvalue weighted by molar-refractivity contribution is -0.0829. The van der Waals surface area contributed by atoms with Crippen LogP contribution in [-0.2, 0) is 9.47 Å². The molecule has 0 spiro atoms. The summed E-state index contributed by atoms with van der Waals surface area (Å²) in [6.45, 7) is 8.02. The Morgan fingerprint density at radius 3 is 2.30 bits per heavy atom. The Balaban J connectivity index is 1.80. The van der Waals surface area contributed by atoms with E-state index in [1.165, 1.54) is 32.1 Å². The minimum atomic E-state index is -0.432. The van der Waals surface area contributed by atoms with Crippen LogP contribution in [0.15, 0.2) is 0 Å². The zero-order chi connectivity index (χ0) is 16.9. The van der Waals surface area contributed by atoms with E-state index in [1.807, 2.05) is 25.7 Å². The van der Waals surface area contributed by atoms with Gasteiger partial charge in [-0.05, 0) is 52.4 Å². The van der Waals surface area contributed by atoms with E-state index in [0.29, 0.717) is 13.1 Å². The minimum absolute atomic E-state index is 0.115. The molecule has 134 valence electrons. The van der Waals surface area contributed by atoms with Crippen molar-refractivity contribution in [1.82, 2.24) is 4.90 Å². The lowest BCUT2D eigenvalue weighted by Gasteiger charge is -2.41. The molecule has 0 N–H and O–H groups in total. The van der Waals surface area contributed by atoms with Gasteiger partial charge >= 0.3 is 6.09 Å². The molecule has 0 atom stereocenters. The molecule has 0 unspecified atom stereocenters. The molecule has 1 aliphatic heterocycles. The molecule has 1 saturated carbocycles. The normalized spacial score (nSPS) is 22.9. The van der Waals surface area contributed by atoms with E-state index >= 15 is 0 Å². The van der Waals surface area contributed by atoms with Crippen LogP contribution in [0.25, 0.3) is 0 Å². The van der Waals surface area contributed by atoms with Gasteiger partial charge in [-0.25, -0.2) is 4.79 Å². The summed E-state index contributed by atoms with van der Waals surface area (Å²) in [6, 6.07) is 0. The molecular formula is C18H32BrNO3. The van der Waals surface area contributed by atoms with Gasteiger partial charge in [0.1, 0.15) is 5.60 Å². The topological polar surface area (TPSA) is 38.8 Å². The van der Waals surface area contributed by atoms with Crippen molar-refractivity contribution in [3.05, 3.63) is 0 Å². The Hall–Kier alpha value is -0.290. The van der Waals surface area contributed by atoms with Gasteiger partial charge in [0.25, 0.3) is 0 Å². The van der Waals surface area contributed by atoms with Gasteiger partial charge < -0.3 is 14.4 Å². The smallest absolute Gasteiger partial charge is 0.410 e. The monoisotopic (exact) mass is 389 g/mol. The molecule has 23 heavy (non-hydrogen) atoms. The summed E-state index contributed by atoms with van der Waals surface area (Å²) in [5, 5.41) is 0.842. The molecule has 0 aromatic rings. The number of hydrogen-bond donors (Lipinski definition) is 0. The zero-order valence-corrected chi connectivity index (χ0v) is 16.5. The average Bonchev–Trinajstić information content (AvgIpc) is 2.53. The number of likely N-dealkylation sites (tertiary alicyclic amines) is 1. The summed E-state index contributed by atoms with van der Waals surface area (Å²) in [5.74, 6) is 0.726. The Labute approximate surface area is 149 Å². The largest absolute Gasteiger partial charge is 0.444 e. The summed E-state index contributed by atoms with van der Waals surface area (Å²) in [6.07, 6.45) is 8.25. The Morgan fingerprint density at radius 1 is 1.17 bits per heavy atom. The van der Waals surface area contributed by atoms with E-state index in [0.717, 1.165) is 30.7 Å². The first-order valence-electron chi connectivity index (χ1n) is 9.01. The van der Waals surface area contributed by atoms with Crippen LogP contribution in [0.1, 0.15) is 65.7 Å². The van der Waals surface area contributed by atoms with Crippen molar-refractivity contribution in [3.8, 4) is 0 Å². The molecule has 4 nitrogen and oxygen atoms in total. The molecule has 0 aromatic carbocycles. The summed E-state index contributed by atoms with van der Waals surface area (Å²) in [7, 11) is 0. The standard InChI is InChI=1S/C18H32BrNO3/c1-17(2,3)23-16(21)20-11-9-18(14-19,10-12-20)22-13-15-7-5-4-6-8-15/h15H,4-14H2,1-3H3. The average molecular weight is 390 g/mol. The molecule has 5 heteroatoms. The second kappa shape index (κ2) is 8.19. The summed E-state index contributed by atoms with van der Waals surface area (Å²) < 4.78 is 11.8. The first-order chi connectivity index (χ1) is 10.8. The van der Waals surface area contributed by atoms with E-state index in [1.54, 1.807) is 0 Å². The van der Waals surface area contributed by atoms with Gasteiger partial charge in [-0.1, -0.05) is 35.2 Å². The Bertz CT molecular complexity index is 380. The maximum Gasteiger partial charge on any atom is 0.410 e. The molecule has 0 aromatic heterocycles. The molecule has 1 saturated heterocycles. The number of rotatable bonds is 4. The summed E-state index contributed by atoms with van der Waals surface area (Å²) in [4.78, 5) is 14.0. The van der Waals surface area contributed by atoms with Crippen molar-refractivity contribution in [3.63, 3.8) is 0 Å². The van der Waals surface area contributed by atoms with Crippen LogP contribution < -0.4 is 0 Å². The van der Waals surface area contributed by atoms with Gasteiger partial charge in [0.15, 0.2) is 0 Å². The highest BCUT2D eigenvalue weighted by Crippen LogP contribution is 2.32. The van der Waals surface area contributed by atoms with Crippen LogP contribution in [0.2, 0.25) is 0 Å². The molecule has 0 radical (unpaired) electrons. The Kier molecular flexibility index (Phi) is 6.78. The molecule has 0 bridgehead atoms. The van der Waals surface area contributed by atoms with Crippen molar-refractivity contribution in [2.75, 3.05) is 25.0 Å². The second-order valence-electron chi connectivity index (χ2n) is 8.10. The number of nitrogens with zero attached hydrogens (tertiary/aromatic N) is 1. The fraction of sp³-hybridized carbons (Fsp3) is 0.944. The maximum atomic E-state index is 12.2. The third-order valence-corrected chi connectivity index (χ3v) is 5.94. The van der Waals surface area contributed by atoms with Crippen LogP contribution in [0.3, 0.4) is 0 Å². The van der Waals surface area contributed by atoms with Crippen LogP contribution in [-0.4, -0.2) is 47.2 Å². The number of alkyl halides is 1. The number of ether oxygens (including phenoxy) is 2. The number of piperidine rings is 1. The highest BCUT2D eigenvalue weighted by atomic mass is 79.9. The van der Waals surface area contributed by atoms with E-state index < -0.39 is 5.60 Å². The van der Waals surface area contributed by atoms with Crippen LogP contribution in [0, 0.1) is 5.92 Å². The van der Waals surface area contributed by atoms with Gasteiger partial charge in [-0.2, -0.15) is 0 Å². The maximum absolute atomic E-state index is 12.2. The van der Waals surface area contributed by atoms with E-state index in [2.05, 4.69) is 15.9 Å². The SMILES string of the molecule is CC(C)(C)OC(=O)N1CCC(CBr)(OCC2CCCCC2)CC1. The van der Waals surface area contributed by atoms with Gasteiger partial charge in [0, 0.05) is 18.4 Å². The number of amides is 1. The predicted octanol–water partition coefficient (Wildman–Crippen LogP) is 4.75. The minimum Gasteiger partial charge on any atom is -0.444 e. The highest BCUT2D eigenvalue weighted by molar-refractivity contribution is 9.09. The molecular weight excluding hydrogens is 358 g/mol. The van der Waals surface area contributed by atoms with Gasteiger partial charge in [0.2, 0.25) is 0 Å². The summed E-state index contributed by atoms with van der Waals surface area (Å²) in [5.41, 5.74) is -0.547.